The number of hydrogen-bond acceptors (Lipinski definition) is 3. The number of halogens is 3. The summed E-state index contributed by atoms with van der Waals surface area (Å²) in [6, 6.07) is 0. The number of rotatable bonds is 3. The molecule has 1 aliphatic carbocycles. The second-order valence-electron chi connectivity index (χ2n) is 4.64. The van der Waals surface area contributed by atoms with Gasteiger partial charge in [-0.05, 0) is 18.4 Å². The standard InChI is InChI=1S/C13H11Cl3N2O/c14-3-8-9(4-18-19-13(8)7-1-2-7)12-10(15)5-17-6-11(12)16/h4-7,9H,1-3H2. The maximum Gasteiger partial charge on any atom is 0.139 e. The Kier molecular flexibility index (Phi) is 3.70. The van der Waals surface area contributed by atoms with Gasteiger partial charge in [-0.2, -0.15) is 0 Å². The highest BCUT2D eigenvalue weighted by Gasteiger charge is 2.36. The maximum absolute atomic E-state index is 6.21. The number of nitrogens with zero attached hydrogens (tertiary/aromatic N) is 2. The largest absolute Gasteiger partial charge is 0.361 e. The zero-order valence-electron chi connectivity index (χ0n) is 9.94. The summed E-state index contributed by atoms with van der Waals surface area (Å²) >= 11 is 18.5. The number of hydrogen-bond donors (Lipinski definition) is 0. The fourth-order valence-corrected chi connectivity index (χ4v) is 3.15. The summed E-state index contributed by atoms with van der Waals surface area (Å²) in [4.78, 5) is 9.37. The fraction of sp³-hybridized carbons (Fsp3) is 0.385. The molecule has 19 heavy (non-hydrogen) atoms. The molecular weight excluding hydrogens is 307 g/mol. The van der Waals surface area contributed by atoms with Gasteiger partial charge >= 0.3 is 0 Å². The van der Waals surface area contributed by atoms with E-state index in [0.717, 1.165) is 29.7 Å². The van der Waals surface area contributed by atoms with E-state index in [1.807, 2.05) is 0 Å². The van der Waals surface area contributed by atoms with Gasteiger partial charge in [-0.25, -0.2) is 0 Å². The first-order valence-electron chi connectivity index (χ1n) is 6.00. The van der Waals surface area contributed by atoms with Gasteiger partial charge in [0.2, 0.25) is 0 Å². The van der Waals surface area contributed by atoms with E-state index in [1.165, 1.54) is 0 Å². The van der Waals surface area contributed by atoms with Crippen molar-refractivity contribution in [1.82, 2.24) is 4.98 Å². The Morgan fingerprint density at radius 2 is 1.89 bits per heavy atom. The number of alkyl halides is 1. The van der Waals surface area contributed by atoms with Gasteiger partial charge in [0.05, 0.1) is 22.2 Å². The first-order chi connectivity index (χ1) is 9.22. The molecule has 1 aromatic rings. The number of allylic oxidation sites excluding steroid dienone is 2. The van der Waals surface area contributed by atoms with Gasteiger partial charge in [-0.3, -0.25) is 4.98 Å². The third-order valence-electron chi connectivity index (χ3n) is 3.35. The lowest BCUT2D eigenvalue weighted by atomic mass is 9.91. The minimum atomic E-state index is -0.134. The summed E-state index contributed by atoms with van der Waals surface area (Å²) in [5.74, 6) is 1.56. The molecular formula is C13H11Cl3N2O. The Morgan fingerprint density at radius 1 is 1.21 bits per heavy atom. The van der Waals surface area contributed by atoms with Gasteiger partial charge in [0.1, 0.15) is 5.76 Å². The van der Waals surface area contributed by atoms with Gasteiger partial charge in [0.15, 0.2) is 0 Å². The summed E-state index contributed by atoms with van der Waals surface area (Å²) in [6.07, 6.45) is 7.09. The summed E-state index contributed by atoms with van der Waals surface area (Å²) in [7, 11) is 0. The molecule has 0 amide bonds. The van der Waals surface area contributed by atoms with Crippen LogP contribution in [-0.2, 0) is 4.84 Å². The van der Waals surface area contributed by atoms with Crippen molar-refractivity contribution in [3.63, 3.8) is 0 Å². The predicted molar refractivity (Wildman–Crippen MR) is 77.0 cm³/mol. The minimum Gasteiger partial charge on any atom is -0.361 e. The van der Waals surface area contributed by atoms with E-state index in [9.17, 15) is 0 Å². The molecule has 3 rings (SSSR count). The van der Waals surface area contributed by atoms with Crippen LogP contribution in [0.2, 0.25) is 10.0 Å². The molecule has 0 N–H and O–H groups in total. The van der Waals surface area contributed by atoms with Crippen LogP contribution in [0.25, 0.3) is 0 Å². The monoisotopic (exact) mass is 316 g/mol. The summed E-state index contributed by atoms with van der Waals surface area (Å²) in [5.41, 5.74) is 1.79. The van der Waals surface area contributed by atoms with Crippen molar-refractivity contribution in [2.75, 3.05) is 5.88 Å². The van der Waals surface area contributed by atoms with E-state index in [2.05, 4.69) is 10.1 Å². The first kappa shape index (κ1) is 13.2. The van der Waals surface area contributed by atoms with Crippen LogP contribution < -0.4 is 0 Å². The number of oxime groups is 1. The molecule has 1 atom stereocenters. The zero-order chi connectivity index (χ0) is 13.4. The molecule has 0 spiro atoms. The molecule has 100 valence electrons. The highest BCUT2D eigenvalue weighted by molar-refractivity contribution is 6.36. The molecule has 2 heterocycles. The van der Waals surface area contributed by atoms with E-state index < -0.39 is 0 Å². The van der Waals surface area contributed by atoms with Gasteiger partial charge in [0.25, 0.3) is 0 Å². The van der Waals surface area contributed by atoms with E-state index >= 15 is 0 Å². The molecule has 0 aromatic carbocycles. The quantitative estimate of drug-likeness (QED) is 0.775. The van der Waals surface area contributed by atoms with Crippen LogP contribution in [0.1, 0.15) is 24.3 Å². The topological polar surface area (TPSA) is 34.5 Å². The molecule has 1 unspecified atom stereocenters. The zero-order valence-corrected chi connectivity index (χ0v) is 12.2. The van der Waals surface area contributed by atoms with Crippen LogP contribution in [0.5, 0.6) is 0 Å². The summed E-state index contributed by atoms with van der Waals surface area (Å²) < 4.78 is 0. The Morgan fingerprint density at radius 3 is 2.47 bits per heavy atom. The fourth-order valence-electron chi connectivity index (χ4n) is 2.25. The van der Waals surface area contributed by atoms with Crippen molar-refractivity contribution in [2.24, 2.45) is 11.1 Å². The van der Waals surface area contributed by atoms with Gasteiger partial charge in [-0.15, -0.1) is 11.6 Å². The Bertz CT molecular complexity index is 547. The van der Waals surface area contributed by atoms with Crippen molar-refractivity contribution < 1.29 is 4.84 Å². The van der Waals surface area contributed by atoms with Crippen molar-refractivity contribution in [3.05, 3.63) is 39.3 Å². The van der Waals surface area contributed by atoms with E-state index in [0.29, 0.717) is 21.8 Å². The molecule has 0 saturated heterocycles. The van der Waals surface area contributed by atoms with Gasteiger partial charge < -0.3 is 4.84 Å². The lowest BCUT2D eigenvalue weighted by molar-refractivity contribution is 0.200. The number of aromatic nitrogens is 1. The SMILES string of the molecule is ClCC1=C(C2CC2)ON=CC1c1c(Cl)cncc1Cl. The van der Waals surface area contributed by atoms with Gasteiger partial charge in [0, 0.05) is 29.8 Å². The Hall–Kier alpha value is -0.770. The molecule has 0 bridgehead atoms. The van der Waals surface area contributed by atoms with Crippen molar-refractivity contribution in [3.8, 4) is 0 Å². The van der Waals surface area contributed by atoms with Crippen LogP contribution in [-0.4, -0.2) is 17.1 Å². The number of pyridine rings is 1. The second-order valence-corrected chi connectivity index (χ2v) is 5.72. The molecule has 1 fully saturated rings. The molecule has 1 saturated carbocycles. The van der Waals surface area contributed by atoms with Crippen molar-refractivity contribution in [1.29, 1.82) is 0 Å². The van der Waals surface area contributed by atoms with E-state index in [-0.39, 0.29) is 5.92 Å². The van der Waals surface area contributed by atoms with Crippen LogP contribution in [0.4, 0.5) is 0 Å². The molecule has 0 radical (unpaired) electrons. The molecule has 1 aromatic heterocycles. The minimum absolute atomic E-state index is 0.134. The van der Waals surface area contributed by atoms with Crippen LogP contribution in [0.3, 0.4) is 0 Å². The van der Waals surface area contributed by atoms with E-state index in [4.69, 9.17) is 39.6 Å². The summed E-state index contributed by atoms with van der Waals surface area (Å²) in [6.45, 7) is 0. The van der Waals surface area contributed by atoms with Crippen molar-refractivity contribution >= 4 is 41.0 Å². The molecule has 2 aliphatic rings. The lowest BCUT2D eigenvalue weighted by Gasteiger charge is -2.23. The van der Waals surface area contributed by atoms with Gasteiger partial charge in [-0.1, -0.05) is 28.4 Å². The normalized spacial score (nSPS) is 22.6. The lowest BCUT2D eigenvalue weighted by Crippen LogP contribution is -2.15. The second kappa shape index (κ2) is 5.31. The van der Waals surface area contributed by atoms with Crippen LogP contribution in [0.15, 0.2) is 28.9 Å². The van der Waals surface area contributed by atoms with Crippen molar-refractivity contribution in [2.45, 2.75) is 18.8 Å². The average molecular weight is 318 g/mol. The smallest absolute Gasteiger partial charge is 0.139 e. The van der Waals surface area contributed by atoms with E-state index in [1.54, 1.807) is 18.6 Å². The molecule has 1 aliphatic heterocycles. The Labute approximate surface area is 126 Å². The predicted octanol–water partition coefficient (Wildman–Crippen LogP) is 4.39. The maximum atomic E-state index is 6.21. The third-order valence-corrected chi connectivity index (χ3v) is 4.24. The average Bonchev–Trinajstić information content (AvgIpc) is 3.22. The highest BCUT2D eigenvalue weighted by Crippen LogP contribution is 2.45. The summed E-state index contributed by atoms with van der Waals surface area (Å²) in [5, 5.41) is 5.01. The van der Waals surface area contributed by atoms with Crippen LogP contribution in [0, 0.1) is 5.92 Å². The molecule has 6 heteroatoms. The highest BCUT2D eigenvalue weighted by atomic mass is 35.5. The Balaban J connectivity index is 2.07. The van der Waals surface area contributed by atoms with Crippen LogP contribution >= 0.6 is 34.8 Å². The molecule has 3 nitrogen and oxygen atoms in total. The third kappa shape index (κ3) is 2.47. The first-order valence-corrected chi connectivity index (χ1v) is 7.29.